The summed E-state index contributed by atoms with van der Waals surface area (Å²) >= 11 is 0. The summed E-state index contributed by atoms with van der Waals surface area (Å²) in [6.45, 7) is 6.75. The van der Waals surface area contributed by atoms with Crippen LogP contribution in [0.4, 0.5) is 37.1 Å². The number of aliphatic carboxylic acids is 1. The molecule has 3 aromatic rings. The second kappa shape index (κ2) is 14.4. The van der Waals surface area contributed by atoms with E-state index in [9.17, 15) is 41.0 Å². The monoisotopic (exact) mass is 723 g/mol. The minimum absolute atomic E-state index is 0.107. The molecular formula is C36H43F6N5O4. The van der Waals surface area contributed by atoms with Gasteiger partial charge < -0.3 is 24.2 Å². The topological polar surface area (TPSA) is 101 Å². The average molecular weight is 724 g/mol. The normalized spacial score (nSPS) is 22.7. The smallest absolute Gasteiger partial charge is 0.416 e. The molecule has 0 bridgehead atoms. The van der Waals surface area contributed by atoms with Gasteiger partial charge in [-0.15, -0.1) is 0 Å². The van der Waals surface area contributed by atoms with E-state index < -0.39 is 53.1 Å². The van der Waals surface area contributed by atoms with Gasteiger partial charge >= 0.3 is 24.4 Å². The van der Waals surface area contributed by atoms with Crippen LogP contribution in [-0.4, -0.2) is 60.8 Å². The second-order valence-corrected chi connectivity index (χ2v) is 14.2. The van der Waals surface area contributed by atoms with Crippen molar-refractivity contribution in [2.45, 2.75) is 109 Å². The Balaban J connectivity index is 1.44. The highest BCUT2D eigenvalue weighted by atomic mass is 19.4. The van der Waals surface area contributed by atoms with E-state index in [1.54, 1.807) is 36.0 Å². The lowest BCUT2D eigenvalue weighted by Gasteiger charge is -2.49. The third-order valence-electron chi connectivity index (χ3n) is 10.5. The molecule has 51 heavy (non-hydrogen) atoms. The summed E-state index contributed by atoms with van der Waals surface area (Å²) in [5, 5.41) is 9.56. The zero-order valence-corrected chi connectivity index (χ0v) is 29.1. The third kappa shape index (κ3) is 8.27. The van der Waals surface area contributed by atoms with Gasteiger partial charge in [0.15, 0.2) is 0 Å². The number of piperidine rings is 1. The van der Waals surface area contributed by atoms with Crippen LogP contribution in [0.5, 0.6) is 0 Å². The minimum atomic E-state index is -5.01. The van der Waals surface area contributed by atoms with Crippen LogP contribution < -0.4 is 4.90 Å². The number of aromatic nitrogens is 3. The highest BCUT2D eigenvalue weighted by molar-refractivity contribution is 5.74. The summed E-state index contributed by atoms with van der Waals surface area (Å²) in [5.74, 6) is -0.926. The van der Waals surface area contributed by atoms with Crippen molar-refractivity contribution in [2.75, 3.05) is 4.90 Å². The maximum Gasteiger partial charge on any atom is 0.416 e. The Morgan fingerprint density at radius 2 is 1.45 bits per heavy atom. The molecule has 1 aliphatic carbocycles. The van der Waals surface area contributed by atoms with Gasteiger partial charge in [0.25, 0.3) is 0 Å². The van der Waals surface area contributed by atoms with Crippen molar-refractivity contribution in [3.05, 3.63) is 65.7 Å². The highest BCUT2D eigenvalue weighted by Crippen LogP contribution is 2.44. The first-order chi connectivity index (χ1) is 23.8. The predicted octanol–water partition coefficient (Wildman–Crippen LogP) is 8.57. The fourth-order valence-corrected chi connectivity index (χ4v) is 7.12. The molecule has 2 aromatic heterocycles. The van der Waals surface area contributed by atoms with E-state index in [0.717, 1.165) is 17.7 Å². The van der Waals surface area contributed by atoms with Gasteiger partial charge in [-0.25, -0.2) is 14.8 Å². The molecule has 278 valence electrons. The second-order valence-electron chi connectivity index (χ2n) is 14.2. The van der Waals surface area contributed by atoms with Gasteiger partial charge in [-0.3, -0.25) is 4.79 Å². The van der Waals surface area contributed by atoms with E-state index in [-0.39, 0.29) is 42.1 Å². The van der Waals surface area contributed by atoms with Crippen molar-refractivity contribution in [1.82, 2.24) is 19.4 Å². The van der Waals surface area contributed by atoms with Crippen LogP contribution in [0.25, 0.3) is 11.1 Å². The summed E-state index contributed by atoms with van der Waals surface area (Å²) in [4.78, 5) is 37.7. The number of benzene rings is 1. The van der Waals surface area contributed by atoms with Crippen molar-refractivity contribution in [3.8, 4) is 11.1 Å². The van der Waals surface area contributed by atoms with Crippen molar-refractivity contribution in [3.63, 3.8) is 0 Å². The Labute approximate surface area is 292 Å². The van der Waals surface area contributed by atoms with Crippen LogP contribution in [0, 0.1) is 11.3 Å². The number of hydrogen-bond acceptors (Lipinski definition) is 6. The molecule has 0 spiro atoms. The Bertz CT molecular complexity index is 1650. The van der Waals surface area contributed by atoms with Crippen LogP contribution in [0.15, 0.2) is 49.1 Å². The third-order valence-corrected chi connectivity index (χ3v) is 10.5. The molecule has 5 rings (SSSR count). The molecule has 15 heteroatoms. The maximum absolute atomic E-state index is 13.8. The molecule has 1 saturated heterocycles. The van der Waals surface area contributed by atoms with Crippen LogP contribution in [0.1, 0.15) is 82.9 Å². The van der Waals surface area contributed by atoms with Crippen molar-refractivity contribution in [1.29, 1.82) is 0 Å². The lowest BCUT2D eigenvalue weighted by atomic mass is 9.66. The summed E-state index contributed by atoms with van der Waals surface area (Å²) in [6, 6.07) is 2.21. The van der Waals surface area contributed by atoms with Gasteiger partial charge in [0.05, 0.1) is 16.5 Å². The van der Waals surface area contributed by atoms with Gasteiger partial charge in [-0.1, -0.05) is 13.8 Å². The number of nitrogens with zero attached hydrogens (tertiary/aromatic N) is 5. The Hall–Kier alpha value is -4.30. The zero-order valence-electron chi connectivity index (χ0n) is 29.1. The van der Waals surface area contributed by atoms with E-state index in [0.29, 0.717) is 44.1 Å². The molecule has 1 N–H and O–H groups in total. The quantitative estimate of drug-likeness (QED) is 0.209. The largest absolute Gasteiger partial charge is 0.481 e. The molecule has 1 saturated carbocycles. The standard InChI is InChI=1S/C36H43F6N5O4/c1-6-27-15-29(16-28(7-2)47(27)33(50)51-30-13-24(14-30)34(3,4)31(48)49)46(32-43-17-23(18-44-32)22-8-9-45(5)20-22)19-21-10-25(35(37,38)39)12-26(11-21)36(40,41)42/h8-12,17-18,20,24,27-30H,6-7,13-16,19H2,1-5H3,(H,48,49)/t24-,27-,28+,29+,30-. The lowest BCUT2D eigenvalue weighted by Crippen LogP contribution is -2.58. The van der Waals surface area contributed by atoms with Gasteiger partial charge in [-0.05, 0) is 88.1 Å². The first-order valence-electron chi connectivity index (χ1n) is 17.0. The van der Waals surface area contributed by atoms with Crippen molar-refractivity contribution >= 4 is 18.0 Å². The number of carboxylic acids is 1. The number of aryl methyl sites for hydroxylation is 1. The van der Waals surface area contributed by atoms with E-state index in [2.05, 4.69) is 9.97 Å². The molecule has 2 fully saturated rings. The number of amides is 1. The number of likely N-dealkylation sites (tertiary alicyclic amines) is 1. The van der Waals surface area contributed by atoms with E-state index in [4.69, 9.17) is 4.74 Å². The molecule has 3 atom stereocenters. The molecule has 0 radical (unpaired) electrons. The SMILES string of the molecule is CC[C@@H]1C[C@H](N(Cc2cc(C(F)(F)F)cc(C(F)(F)F)c2)c2ncc(-c3ccn(C)c3)cn2)C[C@H](CC)N1C(=O)O[C@H]1C[C@H](C(C)(C)C(=O)O)C1. The Kier molecular flexibility index (Phi) is 10.7. The number of ether oxygens (including phenoxy) is 1. The van der Waals surface area contributed by atoms with E-state index in [1.165, 1.54) is 0 Å². The molecule has 1 aliphatic heterocycles. The van der Waals surface area contributed by atoms with E-state index in [1.807, 2.05) is 43.9 Å². The summed E-state index contributed by atoms with van der Waals surface area (Å²) < 4.78 is 90.6. The fraction of sp³-hybridized carbons (Fsp3) is 0.556. The lowest BCUT2D eigenvalue weighted by molar-refractivity contribution is -0.155. The summed E-state index contributed by atoms with van der Waals surface area (Å²) in [5.41, 5.74) is -2.47. The number of hydrogen-bond donors (Lipinski definition) is 1. The number of alkyl halides is 6. The fourth-order valence-electron chi connectivity index (χ4n) is 7.12. The van der Waals surface area contributed by atoms with Crippen LogP contribution in [-0.2, 0) is 35.5 Å². The minimum Gasteiger partial charge on any atom is -0.481 e. The molecular weight excluding hydrogens is 680 g/mol. The molecule has 3 heterocycles. The molecule has 1 amide bonds. The summed E-state index contributed by atoms with van der Waals surface area (Å²) in [7, 11) is 1.85. The number of carbonyl (C=O) groups is 2. The van der Waals surface area contributed by atoms with Gasteiger partial charge in [0, 0.05) is 67.6 Å². The number of rotatable bonds is 10. The number of halogens is 6. The van der Waals surface area contributed by atoms with Crippen LogP contribution >= 0.6 is 0 Å². The van der Waals surface area contributed by atoms with E-state index >= 15 is 0 Å². The van der Waals surface area contributed by atoms with Crippen LogP contribution in [0.3, 0.4) is 0 Å². The molecule has 2 aliphatic rings. The van der Waals surface area contributed by atoms with Crippen molar-refractivity contribution in [2.24, 2.45) is 18.4 Å². The van der Waals surface area contributed by atoms with Gasteiger partial charge in [0.2, 0.25) is 5.95 Å². The first kappa shape index (κ1) is 37.9. The summed E-state index contributed by atoms with van der Waals surface area (Å²) in [6.07, 6.45) is -1.61. The van der Waals surface area contributed by atoms with Crippen molar-refractivity contribution < 1.29 is 45.8 Å². The first-order valence-corrected chi connectivity index (χ1v) is 17.0. The number of carboxylic acid groups (broad SMARTS) is 1. The number of carbonyl (C=O) groups excluding carboxylic acids is 1. The molecule has 9 nitrogen and oxygen atoms in total. The molecule has 1 aromatic carbocycles. The Morgan fingerprint density at radius 3 is 1.90 bits per heavy atom. The number of anilines is 1. The van der Waals surface area contributed by atoms with Gasteiger partial charge in [-0.2, -0.15) is 26.3 Å². The van der Waals surface area contributed by atoms with Gasteiger partial charge in [0.1, 0.15) is 6.10 Å². The van der Waals surface area contributed by atoms with Crippen LogP contribution in [0.2, 0.25) is 0 Å². The zero-order chi connectivity index (χ0) is 37.5. The Morgan fingerprint density at radius 1 is 0.902 bits per heavy atom. The average Bonchev–Trinajstić information content (AvgIpc) is 3.49. The predicted molar refractivity (Wildman–Crippen MR) is 176 cm³/mol. The highest BCUT2D eigenvalue weighted by Gasteiger charge is 2.48. The molecule has 0 unspecified atom stereocenters. The maximum atomic E-state index is 13.8.